The van der Waals surface area contributed by atoms with Crippen LogP contribution in [-0.4, -0.2) is 36.8 Å². The molecule has 28 heavy (non-hydrogen) atoms. The van der Waals surface area contributed by atoms with Gasteiger partial charge >= 0.3 is 190 Å². The van der Waals surface area contributed by atoms with Gasteiger partial charge in [-0.3, -0.25) is 0 Å². The van der Waals surface area contributed by atoms with Crippen LogP contribution in [0.4, 0.5) is 0 Å². The van der Waals surface area contributed by atoms with Crippen LogP contribution in [0.15, 0.2) is 8.18 Å². The van der Waals surface area contributed by atoms with Crippen molar-refractivity contribution >= 4 is 36.8 Å². The average molecular weight is 606 g/mol. The Morgan fingerprint density at radius 3 is 0.750 bits per heavy atom. The van der Waals surface area contributed by atoms with Crippen molar-refractivity contribution in [3.8, 4) is 0 Å². The van der Waals surface area contributed by atoms with Crippen LogP contribution in [0.25, 0.3) is 0 Å². The molecule has 0 radical (unpaired) electrons. The minimum atomic E-state index is -2.29. The molecular formula is C26H56Sn2. The molecule has 0 spiro atoms. The van der Waals surface area contributed by atoms with Crippen molar-refractivity contribution in [3.05, 3.63) is 8.18 Å². The molecule has 0 aliphatic rings. The number of unbranched alkanes of at least 4 members (excludes halogenated alkanes) is 6. The van der Waals surface area contributed by atoms with Gasteiger partial charge in [-0.2, -0.15) is 0 Å². The molecule has 0 heterocycles. The SMILES string of the molecule is C=[C]([Sn]([CH2]CCC)([CH2]CCC)[CH2]CCC)[Sn]([CH2]CCC)([CH2]CCC)[CH2]CCC. The zero-order chi connectivity index (χ0) is 21.3. The summed E-state index contributed by atoms with van der Waals surface area (Å²) in [4.78, 5) is 0. The Bertz CT molecular complexity index is 297. The van der Waals surface area contributed by atoms with E-state index in [0.717, 1.165) is 0 Å². The van der Waals surface area contributed by atoms with E-state index in [1.165, 1.54) is 77.0 Å². The van der Waals surface area contributed by atoms with Gasteiger partial charge in [-0.05, 0) is 0 Å². The van der Waals surface area contributed by atoms with Gasteiger partial charge < -0.3 is 0 Å². The molecule has 0 aromatic heterocycles. The molecule has 0 bridgehead atoms. The van der Waals surface area contributed by atoms with Crippen LogP contribution >= 0.6 is 0 Å². The zero-order valence-corrected chi connectivity index (χ0v) is 26.6. The van der Waals surface area contributed by atoms with Gasteiger partial charge in [0.25, 0.3) is 0 Å². The van der Waals surface area contributed by atoms with Gasteiger partial charge in [-0.15, -0.1) is 0 Å². The van der Waals surface area contributed by atoms with Crippen LogP contribution in [0.1, 0.15) is 119 Å². The molecular weight excluding hydrogens is 550 g/mol. The summed E-state index contributed by atoms with van der Waals surface area (Å²) in [7, 11) is 0. The fourth-order valence-corrected chi connectivity index (χ4v) is 71.5. The standard InChI is InChI=1S/6C4H9.C2H2.2Sn/c6*1-3-4-2;1-2;;/h6*1,3-4H2,2H3;1H2;;. The third kappa shape index (κ3) is 10.1. The quantitative estimate of drug-likeness (QED) is 0.121. The molecule has 168 valence electrons. The zero-order valence-electron chi connectivity index (χ0n) is 20.9. The van der Waals surface area contributed by atoms with Crippen LogP contribution in [0.2, 0.25) is 26.6 Å². The first-order valence-electron chi connectivity index (χ1n) is 13.2. The minimum absolute atomic E-state index is 1.39. The van der Waals surface area contributed by atoms with Gasteiger partial charge in [0.1, 0.15) is 0 Å². The normalized spacial score (nSPS) is 12.5. The van der Waals surface area contributed by atoms with Crippen LogP contribution in [0.3, 0.4) is 0 Å². The molecule has 0 aromatic rings. The molecule has 0 nitrogen and oxygen atoms in total. The van der Waals surface area contributed by atoms with Crippen molar-refractivity contribution in [1.82, 2.24) is 0 Å². The Hall–Kier alpha value is 1.34. The fourth-order valence-electron chi connectivity index (χ4n) is 5.31. The van der Waals surface area contributed by atoms with E-state index in [1.807, 2.05) is 0 Å². The van der Waals surface area contributed by atoms with Crippen LogP contribution in [0, 0.1) is 0 Å². The number of rotatable bonds is 20. The van der Waals surface area contributed by atoms with E-state index in [1.54, 1.807) is 26.6 Å². The number of hydrogen-bond donors (Lipinski definition) is 0. The fraction of sp³-hybridized carbons (Fsp3) is 0.923. The van der Waals surface area contributed by atoms with Crippen LogP contribution < -0.4 is 0 Å². The van der Waals surface area contributed by atoms with Crippen molar-refractivity contribution in [2.45, 2.75) is 145 Å². The maximum atomic E-state index is 5.20. The second-order valence-electron chi connectivity index (χ2n) is 9.66. The van der Waals surface area contributed by atoms with Gasteiger partial charge in [-0.25, -0.2) is 0 Å². The third-order valence-electron chi connectivity index (χ3n) is 7.33. The van der Waals surface area contributed by atoms with Gasteiger partial charge in [0, 0.05) is 0 Å². The summed E-state index contributed by atoms with van der Waals surface area (Å²) in [6, 6.07) is 0. The molecule has 0 aliphatic heterocycles. The van der Waals surface area contributed by atoms with E-state index in [-0.39, 0.29) is 0 Å². The second-order valence-corrected chi connectivity index (χ2v) is 40.4. The molecule has 0 aromatic carbocycles. The van der Waals surface area contributed by atoms with Gasteiger partial charge in [0.2, 0.25) is 0 Å². The topological polar surface area (TPSA) is 0 Å². The Balaban J connectivity index is 6.03. The van der Waals surface area contributed by atoms with Crippen molar-refractivity contribution < 1.29 is 0 Å². The molecule has 0 unspecified atom stereocenters. The predicted molar refractivity (Wildman–Crippen MR) is 139 cm³/mol. The summed E-state index contributed by atoms with van der Waals surface area (Å²) in [6.07, 6.45) is 17.4. The predicted octanol–water partition coefficient (Wildman–Crippen LogP) is 10.3. The molecule has 0 fully saturated rings. The van der Waals surface area contributed by atoms with E-state index in [2.05, 4.69) is 43.1 Å². The van der Waals surface area contributed by atoms with E-state index >= 15 is 0 Å². The monoisotopic (exact) mass is 608 g/mol. The van der Waals surface area contributed by atoms with E-state index in [0.29, 0.717) is 0 Å². The van der Waals surface area contributed by atoms with E-state index in [9.17, 15) is 0 Å². The van der Waals surface area contributed by atoms with E-state index < -0.39 is 36.8 Å². The third-order valence-corrected chi connectivity index (χ3v) is 57.4. The molecule has 0 saturated heterocycles. The molecule has 0 saturated carbocycles. The maximum absolute atomic E-state index is 5.20. The Morgan fingerprint density at radius 1 is 0.429 bits per heavy atom. The molecule has 2 heteroatoms. The first-order valence-corrected chi connectivity index (χ1v) is 28.2. The van der Waals surface area contributed by atoms with Crippen molar-refractivity contribution in [3.63, 3.8) is 0 Å². The Labute approximate surface area is 188 Å². The van der Waals surface area contributed by atoms with Gasteiger partial charge in [-0.1, -0.05) is 0 Å². The molecule has 0 atom stereocenters. The molecule has 0 N–H and O–H groups in total. The van der Waals surface area contributed by atoms with Gasteiger partial charge in [0.05, 0.1) is 0 Å². The Kier molecular flexibility index (Phi) is 18.8. The summed E-state index contributed by atoms with van der Waals surface area (Å²) in [5.41, 5.74) is 0. The molecule has 0 amide bonds. The number of hydrogen-bond acceptors (Lipinski definition) is 0. The summed E-state index contributed by atoms with van der Waals surface area (Å²) in [6.45, 7) is 19.7. The first-order chi connectivity index (χ1) is 13.5. The second kappa shape index (κ2) is 18.0. The average Bonchev–Trinajstić information content (AvgIpc) is 2.73. The molecule has 0 rings (SSSR count). The summed E-state index contributed by atoms with van der Waals surface area (Å²) in [5, 5.41) is 0. The van der Waals surface area contributed by atoms with E-state index in [4.69, 9.17) is 6.58 Å². The van der Waals surface area contributed by atoms with Crippen molar-refractivity contribution in [2.24, 2.45) is 0 Å². The molecule has 0 aliphatic carbocycles. The van der Waals surface area contributed by atoms with Crippen molar-refractivity contribution in [1.29, 1.82) is 0 Å². The summed E-state index contributed by atoms with van der Waals surface area (Å²) < 4.78 is 12.0. The first kappa shape index (κ1) is 29.3. The van der Waals surface area contributed by atoms with Gasteiger partial charge in [0.15, 0.2) is 0 Å². The van der Waals surface area contributed by atoms with Crippen LogP contribution in [-0.2, 0) is 0 Å². The summed E-state index contributed by atoms with van der Waals surface area (Å²) in [5.74, 6) is 0. The Morgan fingerprint density at radius 2 is 0.607 bits per heavy atom. The summed E-state index contributed by atoms with van der Waals surface area (Å²) >= 11 is -4.58. The van der Waals surface area contributed by atoms with Crippen LogP contribution in [0.5, 0.6) is 0 Å². The van der Waals surface area contributed by atoms with Crippen molar-refractivity contribution in [2.75, 3.05) is 0 Å².